The molecule has 1 aliphatic heterocycles. The van der Waals surface area contributed by atoms with E-state index in [0.29, 0.717) is 32.1 Å². The van der Waals surface area contributed by atoms with Crippen molar-refractivity contribution in [3.05, 3.63) is 33.8 Å². The molecule has 1 saturated carbocycles. The molecule has 1 atom stereocenters. The molecule has 0 saturated heterocycles. The van der Waals surface area contributed by atoms with Gasteiger partial charge in [0.1, 0.15) is 5.60 Å². The quantitative estimate of drug-likeness (QED) is 0.603. The maximum atomic E-state index is 13.9. The number of alkyl carbamates (subject to hydrolysis) is 1. The van der Waals surface area contributed by atoms with Gasteiger partial charge in [0, 0.05) is 16.9 Å². The van der Waals surface area contributed by atoms with Crippen LogP contribution in [-0.2, 0) is 26.2 Å². The summed E-state index contributed by atoms with van der Waals surface area (Å²) in [6.07, 6.45) is 1.15. The van der Waals surface area contributed by atoms with Crippen molar-refractivity contribution in [1.82, 2.24) is 10.2 Å². The number of benzene rings is 1. The Hall–Kier alpha value is -2.07. The highest BCUT2D eigenvalue weighted by Crippen LogP contribution is 2.62. The molecule has 1 aromatic rings. The van der Waals surface area contributed by atoms with E-state index in [1.165, 1.54) is 4.90 Å². The van der Waals surface area contributed by atoms with E-state index in [-0.39, 0.29) is 11.9 Å². The van der Waals surface area contributed by atoms with Gasteiger partial charge in [-0.1, -0.05) is 22.0 Å². The Bertz CT molecular complexity index is 1000. The molecule has 4 rings (SSSR count). The summed E-state index contributed by atoms with van der Waals surface area (Å²) in [5.41, 5.74) is -0.779. The largest absolute Gasteiger partial charge is 0.444 e. The van der Waals surface area contributed by atoms with Crippen LogP contribution in [0.5, 0.6) is 0 Å². The second-order valence-corrected chi connectivity index (χ2v) is 10.9. The molecule has 1 fully saturated rings. The molecule has 7 nitrogen and oxygen atoms in total. The van der Waals surface area contributed by atoms with Crippen molar-refractivity contribution in [3.63, 3.8) is 0 Å². The summed E-state index contributed by atoms with van der Waals surface area (Å²) in [6, 6.07) is 5.79. The number of alkyl halides is 2. The number of carbonyl (C=O) groups is 2. The monoisotopic (exact) mass is 527 g/mol. The Balaban J connectivity index is 1.74. The van der Waals surface area contributed by atoms with Gasteiger partial charge in [-0.05, 0) is 76.1 Å². The van der Waals surface area contributed by atoms with Crippen molar-refractivity contribution in [3.8, 4) is 0 Å². The summed E-state index contributed by atoms with van der Waals surface area (Å²) in [7, 11) is 1.57. The van der Waals surface area contributed by atoms with Crippen molar-refractivity contribution >= 4 is 33.9 Å². The van der Waals surface area contributed by atoms with Gasteiger partial charge in [0.15, 0.2) is 5.54 Å². The topological polar surface area (TPSA) is 80.2 Å². The van der Waals surface area contributed by atoms with Crippen LogP contribution in [0.25, 0.3) is 0 Å². The first-order valence-electron chi connectivity index (χ1n) is 11.0. The molecule has 0 bridgehead atoms. The van der Waals surface area contributed by atoms with E-state index < -0.39 is 35.4 Å². The lowest BCUT2D eigenvalue weighted by molar-refractivity contribution is -0.178. The van der Waals surface area contributed by atoms with Crippen molar-refractivity contribution in [1.29, 1.82) is 0 Å². The summed E-state index contributed by atoms with van der Waals surface area (Å²) in [5, 5.41) is 2.63. The number of rotatable bonds is 2. The molecule has 1 unspecified atom stereocenters. The van der Waals surface area contributed by atoms with Gasteiger partial charge in [0.25, 0.3) is 5.91 Å². The second-order valence-electron chi connectivity index (χ2n) is 9.99. The van der Waals surface area contributed by atoms with Crippen molar-refractivity contribution in [2.45, 2.75) is 76.7 Å². The summed E-state index contributed by atoms with van der Waals surface area (Å²) < 4.78 is 36.5. The summed E-state index contributed by atoms with van der Waals surface area (Å²) in [6.45, 7) is 2.42. The van der Waals surface area contributed by atoms with Crippen molar-refractivity contribution < 1.29 is 27.8 Å². The van der Waals surface area contributed by atoms with E-state index in [2.05, 4.69) is 21.2 Å². The molecule has 2 amide bonds. The fraction of sp³-hybridized carbons (Fsp3) is 0.609. The Labute approximate surface area is 200 Å². The van der Waals surface area contributed by atoms with Gasteiger partial charge >= 0.3 is 12.7 Å². The molecule has 1 heterocycles. The molecule has 3 aliphatic rings. The molecular weight excluding hydrogens is 500 g/mol. The van der Waals surface area contributed by atoms with Crippen LogP contribution in [0, 0.1) is 5.41 Å². The van der Waals surface area contributed by atoms with E-state index in [1.54, 1.807) is 27.8 Å². The third kappa shape index (κ3) is 4.16. The first-order chi connectivity index (χ1) is 15.4. The smallest absolute Gasteiger partial charge is 0.414 e. The fourth-order valence-corrected chi connectivity index (χ4v) is 5.79. The lowest BCUT2D eigenvalue weighted by Gasteiger charge is -2.45. The number of halogens is 3. The number of aliphatic imine (C=N–C) groups is 1. The molecule has 0 radical (unpaired) electrons. The van der Waals surface area contributed by atoms with E-state index in [9.17, 15) is 18.4 Å². The van der Waals surface area contributed by atoms with Crippen LogP contribution < -0.4 is 5.32 Å². The SMILES string of the molecule is CN1C(=O)C2(N=C1NC(=O)OC(C)(C)C)c1cc(Br)ccc1C[C@]21CC[C@@H](OC(F)F)CC1. The van der Waals surface area contributed by atoms with Crippen molar-refractivity contribution in [2.75, 3.05) is 7.05 Å². The first-order valence-corrected chi connectivity index (χ1v) is 11.8. The van der Waals surface area contributed by atoms with Crippen LogP contribution in [0.2, 0.25) is 0 Å². The number of nitrogens with one attached hydrogen (secondary N) is 1. The zero-order chi connectivity index (χ0) is 24.2. The lowest BCUT2D eigenvalue weighted by Crippen LogP contribution is -2.51. The predicted molar refractivity (Wildman–Crippen MR) is 121 cm³/mol. The molecule has 2 aliphatic carbocycles. The number of likely N-dealkylation sites (N-methyl/N-ethyl adjacent to an activating group) is 1. The van der Waals surface area contributed by atoms with Crippen LogP contribution in [0.15, 0.2) is 27.7 Å². The fourth-order valence-electron chi connectivity index (χ4n) is 5.43. The van der Waals surface area contributed by atoms with Crippen LogP contribution in [0.1, 0.15) is 57.6 Å². The second kappa shape index (κ2) is 8.30. The minimum atomic E-state index is -2.82. The molecule has 180 valence electrons. The molecule has 33 heavy (non-hydrogen) atoms. The molecule has 0 aromatic heterocycles. The Kier molecular flexibility index (Phi) is 6.05. The minimum Gasteiger partial charge on any atom is -0.444 e. The van der Waals surface area contributed by atoms with Gasteiger partial charge in [0.2, 0.25) is 5.96 Å². The minimum absolute atomic E-state index is 0.118. The van der Waals surface area contributed by atoms with Crippen molar-refractivity contribution in [2.24, 2.45) is 10.4 Å². The summed E-state index contributed by atoms with van der Waals surface area (Å²) in [5.74, 6) is -0.133. The average molecular weight is 528 g/mol. The van der Waals surface area contributed by atoms with Gasteiger partial charge in [-0.25, -0.2) is 9.79 Å². The first kappa shape index (κ1) is 24.1. The molecular formula is C23H28BrF2N3O4. The maximum Gasteiger partial charge on any atom is 0.414 e. The highest BCUT2D eigenvalue weighted by atomic mass is 79.9. The van der Waals surface area contributed by atoms with Gasteiger partial charge in [0.05, 0.1) is 6.10 Å². The van der Waals surface area contributed by atoms with E-state index in [1.807, 2.05) is 18.2 Å². The average Bonchev–Trinajstić information content (AvgIpc) is 3.10. The summed E-state index contributed by atoms with van der Waals surface area (Å²) in [4.78, 5) is 32.5. The number of carbonyl (C=O) groups excluding carboxylic acids is 2. The number of hydrogen-bond donors (Lipinski definition) is 1. The highest BCUT2D eigenvalue weighted by Gasteiger charge is 2.66. The van der Waals surface area contributed by atoms with E-state index in [4.69, 9.17) is 14.5 Å². The number of hydrogen-bond acceptors (Lipinski definition) is 5. The van der Waals surface area contributed by atoms with Crippen LogP contribution in [0.3, 0.4) is 0 Å². The Morgan fingerprint density at radius 1 is 1.30 bits per heavy atom. The van der Waals surface area contributed by atoms with Gasteiger partial charge < -0.3 is 9.47 Å². The predicted octanol–water partition coefficient (Wildman–Crippen LogP) is 4.72. The Morgan fingerprint density at radius 2 is 1.97 bits per heavy atom. The van der Waals surface area contributed by atoms with Gasteiger partial charge in [-0.2, -0.15) is 8.78 Å². The Morgan fingerprint density at radius 3 is 2.58 bits per heavy atom. The molecule has 1 N–H and O–H groups in total. The highest BCUT2D eigenvalue weighted by molar-refractivity contribution is 9.10. The maximum absolute atomic E-state index is 13.9. The molecule has 2 spiro atoms. The van der Waals surface area contributed by atoms with E-state index in [0.717, 1.165) is 15.6 Å². The number of ether oxygens (including phenoxy) is 2. The zero-order valence-corrected chi connectivity index (χ0v) is 20.7. The van der Waals surface area contributed by atoms with Gasteiger partial charge in [-0.15, -0.1) is 0 Å². The number of guanidine groups is 1. The van der Waals surface area contributed by atoms with Gasteiger partial charge in [-0.3, -0.25) is 15.0 Å². The van der Waals surface area contributed by atoms with Crippen LogP contribution >= 0.6 is 15.9 Å². The standard InChI is InChI=1S/C23H28BrF2N3O4/c1-21(2,3)33-20(31)27-19-28-23(17(30)29(19)4)16-11-14(24)6-5-13(16)12-22(23)9-7-15(8-10-22)32-18(25)26/h5-6,11,15,18H,7-10,12H2,1-4H3,(H,27,28,31)/t15-,22-,23?. The number of amides is 2. The summed E-state index contributed by atoms with van der Waals surface area (Å²) >= 11 is 3.50. The normalized spacial score (nSPS) is 29.1. The number of fused-ring (bicyclic) bond motifs is 3. The van der Waals surface area contributed by atoms with E-state index >= 15 is 0 Å². The van der Waals surface area contributed by atoms with Crippen LogP contribution in [-0.4, -0.2) is 48.2 Å². The third-order valence-corrected chi connectivity index (χ3v) is 7.25. The molecule has 1 aromatic carbocycles. The number of nitrogens with zero attached hydrogens (tertiary/aromatic N) is 2. The van der Waals surface area contributed by atoms with Crippen LogP contribution in [0.4, 0.5) is 13.6 Å². The molecule has 10 heteroatoms. The third-order valence-electron chi connectivity index (χ3n) is 6.76. The lowest BCUT2D eigenvalue weighted by atomic mass is 9.61. The zero-order valence-electron chi connectivity index (χ0n) is 19.1.